The summed E-state index contributed by atoms with van der Waals surface area (Å²) in [5, 5.41) is 10.4. The van der Waals surface area contributed by atoms with Gasteiger partial charge in [-0.25, -0.2) is 0 Å². The first-order chi connectivity index (χ1) is 23.5. The van der Waals surface area contributed by atoms with E-state index in [0.29, 0.717) is 30.0 Å². The van der Waals surface area contributed by atoms with Gasteiger partial charge < -0.3 is 24.2 Å². The highest BCUT2D eigenvalue weighted by Crippen LogP contribution is 2.63. The Morgan fingerprint density at radius 3 is 2.20 bits per heavy atom. The van der Waals surface area contributed by atoms with Crippen LogP contribution in [0.2, 0.25) is 0 Å². The van der Waals surface area contributed by atoms with Crippen LogP contribution in [0.15, 0.2) is 54.1 Å². The van der Waals surface area contributed by atoms with E-state index in [0.717, 1.165) is 23.7 Å². The fraction of sp³-hybridized carbons (Fsp3) is 0.429. The maximum absolute atomic E-state index is 14.3. The number of amides is 4. The normalized spacial score (nSPS) is 31.2. The van der Waals surface area contributed by atoms with E-state index in [9.17, 15) is 24.3 Å². The van der Waals surface area contributed by atoms with Crippen molar-refractivity contribution in [2.24, 2.45) is 23.7 Å². The second-order valence-electron chi connectivity index (χ2n) is 12.8. The summed E-state index contributed by atoms with van der Waals surface area (Å²) in [6.07, 6.45) is 5.41. The average Bonchev–Trinajstić information content (AvgIpc) is 3.45. The number of halogens is 3. The maximum atomic E-state index is 14.3. The van der Waals surface area contributed by atoms with Crippen LogP contribution in [0.3, 0.4) is 0 Å². The smallest absolute Gasteiger partial charge is 0.254 e. The molecular weight excluding hydrogens is 741 g/mol. The van der Waals surface area contributed by atoms with E-state index in [-0.39, 0.29) is 47.4 Å². The molecule has 11 nitrogen and oxygen atoms in total. The number of anilines is 2. The molecule has 3 saturated heterocycles. The molecule has 258 valence electrons. The number of hydrogen-bond acceptors (Lipinski definition) is 9. The lowest BCUT2D eigenvalue weighted by Gasteiger charge is -2.49. The lowest BCUT2D eigenvalue weighted by molar-refractivity contribution is -0.138. The predicted molar refractivity (Wildman–Crippen MR) is 186 cm³/mol. The lowest BCUT2D eigenvalue weighted by Crippen LogP contribution is -2.60. The van der Waals surface area contributed by atoms with Crippen LogP contribution in [-0.4, -0.2) is 89.4 Å². The third kappa shape index (κ3) is 5.00. The molecule has 4 amide bonds. The van der Waals surface area contributed by atoms with Crippen LogP contribution in [0.4, 0.5) is 11.4 Å². The van der Waals surface area contributed by atoms with E-state index in [1.807, 2.05) is 18.2 Å². The minimum Gasteiger partial charge on any atom is -0.502 e. The van der Waals surface area contributed by atoms with Crippen molar-refractivity contribution in [2.75, 3.05) is 55.8 Å². The summed E-state index contributed by atoms with van der Waals surface area (Å²) in [7, 11) is 2.82. The molecule has 1 saturated carbocycles. The first-order valence-corrected chi connectivity index (χ1v) is 17.8. The Morgan fingerprint density at radius 1 is 0.959 bits per heavy atom. The molecule has 5 aliphatic rings. The molecule has 14 heteroatoms. The number of morpholine rings is 1. The van der Waals surface area contributed by atoms with E-state index in [1.54, 1.807) is 36.4 Å². The molecule has 2 aliphatic carbocycles. The van der Waals surface area contributed by atoms with Gasteiger partial charge in [0.05, 0.1) is 50.4 Å². The summed E-state index contributed by atoms with van der Waals surface area (Å²) in [6, 6.07) is 10.5. The summed E-state index contributed by atoms with van der Waals surface area (Å²) < 4.78 is 16.1. The van der Waals surface area contributed by atoms with Crippen molar-refractivity contribution in [3.8, 4) is 17.2 Å². The van der Waals surface area contributed by atoms with E-state index >= 15 is 0 Å². The molecule has 49 heavy (non-hydrogen) atoms. The molecule has 1 N–H and O–H groups in total. The zero-order valence-corrected chi connectivity index (χ0v) is 29.8. The van der Waals surface area contributed by atoms with Crippen LogP contribution >= 0.6 is 39.1 Å². The largest absolute Gasteiger partial charge is 0.502 e. The predicted octanol–water partition coefficient (Wildman–Crippen LogP) is 4.71. The standard InChI is InChI=1S/C35H34BrCl2N3O8/c1-47-26-15-19(16-27(48-2)29(26)42)3-10-25-22-8-9-23-28(24(22)17-34(37)32(45)40(18-36)33(46)35(25,34)38)31(44)41(30(23)43)21-6-4-20(5-7-21)39-11-13-49-14-12-39/h3-8,10,15-16,23-25,28,42H,9,11-14,17-18H2,1-2H3/t23-,24+,25-,28-,34+,35-/m0/s1. The number of phenols is 1. The van der Waals surface area contributed by atoms with E-state index in [2.05, 4.69) is 20.8 Å². The molecule has 3 heterocycles. The lowest BCUT2D eigenvalue weighted by atomic mass is 9.57. The summed E-state index contributed by atoms with van der Waals surface area (Å²) in [5.41, 5.74) is 2.55. The number of hydrogen-bond donors (Lipinski definition) is 1. The topological polar surface area (TPSA) is 126 Å². The first-order valence-electron chi connectivity index (χ1n) is 15.9. The number of ether oxygens (including phenoxy) is 3. The number of fused-ring (bicyclic) bond motifs is 4. The number of methoxy groups -OCH3 is 2. The van der Waals surface area contributed by atoms with Gasteiger partial charge in [0.2, 0.25) is 17.6 Å². The van der Waals surface area contributed by atoms with Crippen molar-refractivity contribution in [1.82, 2.24) is 4.90 Å². The third-order valence-corrected chi connectivity index (χ3v) is 12.5. The van der Waals surface area contributed by atoms with Crippen LogP contribution in [0.25, 0.3) is 6.08 Å². The molecule has 0 bridgehead atoms. The van der Waals surface area contributed by atoms with Crippen molar-refractivity contribution in [2.45, 2.75) is 22.6 Å². The number of phenolic OH excluding ortho intramolecular Hbond substituents is 1. The first kappa shape index (κ1) is 33.9. The van der Waals surface area contributed by atoms with Gasteiger partial charge in [-0.05, 0) is 60.7 Å². The van der Waals surface area contributed by atoms with Crippen molar-refractivity contribution in [3.05, 3.63) is 59.7 Å². The molecule has 6 atom stereocenters. The quantitative estimate of drug-likeness (QED) is 0.184. The van der Waals surface area contributed by atoms with Gasteiger partial charge in [-0.2, -0.15) is 0 Å². The molecule has 2 aromatic rings. The number of nitrogens with zero attached hydrogens (tertiary/aromatic N) is 3. The molecule has 3 aliphatic heterocycles. The average molecular weight is 775 g/mol. The second-order valence-corrected chi connectivity index (χ2v) is 14.5. The second kappa shape index (κ2) is 12.6. The molecule has 0 aromatic heterocycles. The molecule has 4 fully saturated rings. The van der Waals surface area contributed by atoms with Gasteiger partial charge in [0.25, 0.3) is 11.8 Å². The Kier molecular flexibility index (Phi) is 8.74. The molecule has 0 spiro atoms. The van der Waals surface area contributed by atoms with Crippen LogP contribution in [-0.2, 0) is 23.9 Å². The summed E-state index contributed by atoms with van der Waals surface area (Å²) in [4.78, 5) is 56.7. The van der Waals surface area contributed by atoms with E-state index in [4.69, 9.17) is 37.4 Å². The zero-order chi connectivity index (χ0) is 34.8. The SMILES string of the molecule is COc1cc(C=C[C@H]2C3=CC[C@@H]4C(=O)N(c5ccc(N6CCOCC6)cc5)C(=O)[C@@H]4[C@@H]3C[C@@]3(Cl)C(=O)N(CBr)C(=O)[C@@]23Cl)cc(OC)c1O. The minimum atomic E-state index is -1.92. The Hall–Kier alpha value is -3.58. The van der Waals surface area contributed by atoms with Crippen LogP contribution in [0, 0.1) is 23.7 Å². The third-order valence-electron chi connectivity index (χ3n) is 10.5. The van der Waals surface area contributed by atoms with Gasteiger partial charge in [0.15, 0.2) is 21.2 Å². The molecule has 7 rings (SSSR count). The Bertz CT molecular complexity index is 1770. The van der Waals surface area contributed by atoms with Crippen LogP contribution < -0.4 is 19.3 Å². The number of carbonyl (C=O) groups is 4. The van der Waals surface area contributed by atoms with Crippen molar-refractivity contribution in [3.63, 3.8) is 0 Å². The number of likely N-dealkylation sites (tertiary alicyclic amines) is 1. The number of imide groups is 2. The highest BCUT2D eigenvalue weighted by atomic mass is 79.9. The van der Waals surface area contributed by atoms with Crippen molar-refractivity contribution in [1.29, 1.82) is 0 Å². The van der Waals surface area contributed by atoms with Gasteiger partial charge in [-0.15, -0.1) is 23.2 Å². The summed E-state index contributed by atoms with van der Waals surface area (Å²) >= 11 is 17.8. The number of allylic oxidation sites excluding steroid dienone is 3. The Balaban J connectivity index is 1.27. The van der Waals surface area contributed by atoms with Gasteiger partial charge in [-0.3, -0.25) is 29.0 Å². The summed E-state index contributed by atoms with van der Waals surface area (Å²) in [6.45, 7) is 2.76. The maximum Gasteiger partial charge on any atom is 0.254 e. The van der Waals surface area contributed by atoms with Gasteiger partial charge in [0.1, 0.15) is 0 Å². The fourth-order valence-corrected chi connectivity index (χ4v) is 9.49. The minimum absolute atomic E-state index is 0.104. The zero-order valence-electron chi connectivity index (χ0n) is 26.7. The highest BCUT2D eigenvalue weighted by molar-refractivity contribution is 9.09. The van der Waals surface area contributed by atoms with E-state index < -0.39 is 45.2 Å². The molecule has 2 aromatic carbocycles. The summed E-state index contributed by atoms with van der Waals surface area (Å²) in [5.74, 6) is -4.92. The number of carbonyl (C=O) groups excluding carboxylic acids is 4. The van der Waals surface area contributed by atoms with Crippen molar-refractivity contribution >= 4 is 80.2 Å². The fourth-order valence-electron chi connectivity index (χ4n) is 8.11. The molecule has 0 unspecified atom stereocenters. The highest BCUT2D eigenvalue weighted by Gasteiger charge is 2.75. The number of rotatable bonds is 7. The van der Waals surface area contributed by atoms with Crippen LogP contribution in [0.1, 0.15) is 18.4 Å². The Morgan fingerprint density at radius 2 is 1.59 bits per heavy atom. The number of alkyl halides is 3. The van der Waals surface area contributed by atoms with Gasteiger partial charge in [0, 0.05) is 24.7 Å². The Labute approximate surface area is 301 Å². The van der Waals surface area contributed by atoms with Gasteiger partial charge in [-0.1, -0.05) is 39.7 Å². The van der Waals surface area contributed by atoms with E-state index in [1.165, 1.54) is 19.1 Å². The van der Waals surface area contributed by atoms with Crippen molar-refractivity contribution < 1.29 is 38.5 Å². The monoisotopic (exact) mass is 773 g/mol. The van der Waals surface area contributed by atoms with Crippen LogP contribution in [0.5, 0.6) is 17.2 Å². The molecule has 0 radical (unpaired) electrons. The number of aromatic hydroxyl groups is 1. The molecular formula is C35H34BrCl2N3O8. The van der Waals surface area contributed by atoms with Gasteiger partial charge >= 0.3 is 0 Å². The number of benzene rings is 2.